The number of anilines is 1. The third-order valence-corrected chi connectivity index (χ3v) is 8.35. The topological polar surface area (TPSA) is 178 Å². The molecule has 1 aliphatic heterocycles. The van der Waals surface area contributed by atoms with Crippen LogP contribution in [0.5, 0.6) is 0 Å². The fourth-order valence-corrected chi connectivity index (χ4v) is 6.35. The second kappa shape index (κ2) is 15.6. The Balaban J connectivity index is 0.00000560. The number of sulfonamides is 1. The summed E-state index contributed by atoms with van der Waals surface area (Å²) in [6, 6.07) is 13.5. The molecule has 1 saturated heterocycles. The molecule has 1 heterocycles. The Hall–Kier alpha value is -1.51. The van der Waals surface area contributed by atoms with Crippen LogP contribution in [0.15, 0.2) is 59.5 Å². The van der Waals surface area contributed by atoms with Crippen molar-refractivity contribution in [3.8, 4) is 0 Å². The molecule has 216 valence electrons. The number of nitrogens with zero attached hydrogens (tertiary/aromatic N) is 1. The normalized spacial score (nSPS) is 17.3. The average molecular weight is 609 g/mol. The fourth-order valence-electron chi connectivity index (χ4n) is 4.16. The van der Waals surface area contributed by atoms with E-state index in [2.05, 4.69) is 5.32 Å². The van der Waals surface area contributed by atoms with Crippen molar-refractivity contribution < 1.29 is 71.1 Å². The van der Waals surface area contributed by atoms with Gasteiger partial charge in [0, 0.05) is 25.2 Å². The van der Waals surface area contributed by atoms with Gasteiger partial charge in [0.15, 0.2) is 0 Å². The summed E-state index contributed by atoms with van der Waals surface area (Å²) in [5.41, 5.74) is 6.82. The molecular weight excluding hydrogens is 572 g/mol. The average Bonchev–Trinajstić information content (AvgIpc) is 3.35. The third-order valence-electron chi connectivity index (χ3n) is 5.96. The van der Waals surface area contributed by atoms with Gasteiger partial charge in [0.1, 0.15) is 12.2 Å². The number of nitrogen functional groups attached to an aromatic ring is 1. The molecule has 5 N–H and O–H groups in total. The summed E-state index contributed by atoms with van der Waals surface area (Å²) in [6.45, 7) is 3.87. The Kier molecular flexibility index (Phi) is 13.6. The van der Waals surface area contributed by atoms with E-state index in [-0.39, 0.29) is 59.9 Å². The van der Waals surface area contributed by atoms with Crippen molar-refractivity contribution in [2.45, 2.75) is 49.8 Å². The van der Waals surface area contributed by atoms with E-state index >= 15 is 0 Å². The SMILES string of the molecule is CC(C)CN(C[C@@H](OP(=O)(O)O)[C@H](Cc1ccccc1)NC(=O)O[C@H]1CCOC1)S(=O)(=O)c1ccc(N)cc1.[Na+]. The zero-order chi connectivity index (χ0) is 28.6. The number of phosphoric acid groups is 1. The number of rotatable bonds is 13. The van der Waals surface area contributed by atoms with Gasteiger partial charge in [0.25, 0.3) is 0 Å². The standard InChI is InChI=1S/C25H36N3O9PS.Na/c1-18(2)15-28(39(33,34)22-10-8-20(26)9-11-22)16-24(37-38(30,31)32)23(14-19-6-4-3-5-7-19)27-25(29)36-21-12-13-35-17-21;/h3-11,18,21,23-24H,12-17,26H2,1-2H3,(H,27,29)(H2,30,31,32);/q;+1/t21-,23-,24+;/m0./s1. The molecule has 0 saturated carbocycles. The second-order valence-corrected chi connectivity index (χ2v) is 12.9. The maximum absolute atomic E-state index is 13.6. The summed E-state index contributed by atoms with van der Waals surface area (Å²) in [7, 11) is -9.26. The van der Waals surface area contributed by atoms with Crippen LogP contribution in [0.3, 0.4) is 0 Å². The Morgan fingerprint density at radius 1 is 1.15 bits per heavy atom. The number of amides is 1. The van der Waals surface area contributed by atoms with E-state index in [4.69, 9.17) is 19.7 Å². The molecule has 0 aromatic heterocycles. The summed E-state index contributed by atoms with van der Waals surface area (Å²) < 4.78 is 56.2. The van der Waals surface area contributed by atoms with Crippen molar-refractivity contribution >= 4 is 29.6 Å². The van der Waals surface area contributed by atoms with Gasteiger partial charge in [0.2, 0.25) is 10.0 Å². The Labute approximate surface area is 257 Å². The molecule has 1 amide bonds. The molecular formula is C25H36N3NaO9PS+. The predicted octanol–water partition coefficient (Wildman–Crippen LogP) is -0.476. The van der Waals surface area contributed by atoms with E-state index in [0.29, 0.717) is 18.7 Å². The van der Waals surface area contributed by atoms with Crippen LogP contribution >= 0.6 is 7.82 Å². The summed E-state index contributed by atoms with van der Waals surface area (Å²) in [5, 5.41) is 2.65. The monoisotopic (exact) mass is 608 g/mol. The molecule has 3 atom stereocenters. The minimum Gasteiger partial charge on any atom is -0.444 e. The molecule has 0 radical (unpaired) electrons. The number of benzene rings is 2. The number of ether oxygens (including phenoxy) is 2. The van der Waals surface area contributed by atoms with Crippen LogP contribution in [0.2, 0.25) is 0 Å². The number of hydrogen-bond donors (Lipinski definition) is 4. The molecule has 15 heteroatoms. The maximum atomic E-state index is 13.6. The first-order valence-electron chi connectivity index (χ1n) is 12.5. The van der Waals surface area contributed by atoms with Crippen molar-refractivity contribution in [2.24, 2.45) is 5.92 Å². The Bertz CT molecular complexity index is 1220. The van der Waals surface area contributed by atoms with Crippen molar-refractivity contribution in [3.05, 3.63) is 60.2 Å². The van der Waals surface area contributed by atoms with E-state index in [1.807, 2.05) is 13.8 Å². The number of alkyl carbamates (subject to hydrolysis) is 1. The summed E-state index contributed by atoms with van der Waals surface area (Å²) in [5.74, 6) is -0.142. The summed E-state index contributed by atoms with van der Waals surface area (Å²) >= 11 is 0. The molecule has 0 bridgehead atoms. The fraction of sp³-hybridized carbons (Fsp3) is 0.480. The smallest absolute Gasteiger partial charge is 0.444 e. The molecule has 0 spiro atoms. The van der Waals surface area contributed by atoms with Crippen LogP contribution in [0.25, 0.3) is 0 Å². The van der Waals surface area contributed by atoms with E-state index < -0.39 is 48.7 Å². The first-order valence-corrected chi connectivity index (χ1v) is 15.5. The van der Waals surface area contributed by atoms with E-state index in [1.165, 1.54) is 24.3 Å². The van der Waals surface area contributed by atoms with Gasteiger partial charge < -0.3 is 30.3 Å². The summed E-state index contributed by atoms with van der Waals surface area (Å²) in [4.78, 5) is 32.3. The van der Waals surface area contributed by atoms with E-state index in [1.54, 1.807) is 30.3 Å². The molecule has 3 rings (SSSR count). The Morgan fingerprint density at radius 2 is 1.80 bits per heavy atom. The Morgan fingerprint density at radius 3 is 2.35 bits per heavy atom. The van der Waals surface area contributed by atoms with Gasteiger partial charge in [-0.3, -0.25) is 4.52 Å². The third kappa shape index (κ3) is 11.1. The minimum absolute atomic E-state index is 0. The number of nitrogens with two attached hydrogens (primary N) is 1. The van der Waals surface area contributed by atoms with Gasteiger partial charge in [-0.2, -0.15) is 4.31 Å². The molecule has 0 unspecified atom stereocenters. The largest absolute Gasteiger partial charge is 1.00 e. The van der Waals surface area contributed by atoms with Crippen molar-refractivity contribution in [3.63, 3.8) is 0 Å². The molecule has 1 fully saturated rings. The maximum Gasteiger partial charge on any atom is 1.00 e. The number of phosphoric ester groups is 1. The molecule has 1 aliphatic rings. The number of carbonyl (C=O) groups excluding carboxylic acids is 1. The summed E-state index contributed by atoms with van der Waals surface area (Å²) in [6.07, 6.45) is -2.14. The predicted molar refractivity (Wildman–Crippen MR) is 144 cm³/mol. The first kappa shape index (κ1) is 34.7. The number of carbonyl (C=O) groups is 1. The molecule has 2 aromatic rings. The van der Waals surface area contributed by atoms with E-state index in [0.717, 1.165) is 9.87 Å². The second-order valence-electron chi connectivity index (χ2n) is 9.75. The van der Waals surface area contributed by atoms with Gasteiger partial charge in [-0.1, -0.05) is 44.2 Å². The van der Waals surface area contributed by atoms with Crippen LogP contribution in [0.4, 0.5) is 10.5 Å². The van der Waals surface area contributed by atoms with Gasteiger partial charge in [-0.15, -0.1) is 0 Å². The van der Waals surface area contributed by atoms with Gasteiger partial charge in [0.05, 0.1) is 24.2 Å². The van der Waals surface area contributed by atoms with Crippen molar-refractivity contribution in [2.75, 3.05) is 32.0 Å². The van der Waals surface area contributed by atoms with Crippen LogP contribution in [-0.2, 0) is 35.0 Å². The molecule has 2 aromatic carbocycles. The van der Waals surface area contributed by atoms with Crippen LogP contribution in [0.1, 0.15) is 25.8 Å². The van der Waals surface area contributed by atoms with Crippen LogP contribution in [0, 0.1) is 5.92 Å². The van der Waals surface area contributed by atoms with Gasteiger partial charge in [-0.25, -0.2) is 17.8 Å². The number of hydrogen-bond acceptors (Lipinski definition) is 8. The van der Waals surface area contributed by atoms with Gasteiger partial charge >= 0.3 is 43.5 Å². The minimum atomic E-state index is -5.12. The zero-order valence-electron chi connectivity index (χ0n) is 22.9. The number of nitrogens with one attached hydrogen (secondary N) is 1. The zero-order valence-corrected chi connectivity index (χ0v) is 26.6. The van der Waals surface area contributed by atoms with E-state index in [9.17, 15) is 27.6 Å². The quantitative estimate of drug-likeness (QED) is 0.132. The van der Waals surface area contributed by atoms with Gasteiger partial charge in [-0.05, 0) is 42.2 Å². The van der Waals surface area contributed by atoms with Crippen molar-refractivity contribution in [1.29, 1.82) is 0 Å². The van der Waals surface area contributed by atoms with Crippen LogP contribution in [-0.4, -0.2) is 73.2 Å². The molecule has 12 nitrogen and oxygen atoms in total. The van der Waals surface area contributed by atoms with Crippen molar-refractivity contribution in [1.82, 2.24) is 9.62 Å². The molecule has 0 aliphatic carbocycles. The van der Waals surface area contributed by atoms with Crippen LogP contribution < -0.4 is 40.6 Å². The molecule has 40 heavy (non-hydrogen) atoms. The first-order chi connectivity index (χ1) is 18.3.